The van der Waals surface area contributed by atoms with Crippen molar-refractivity contribution in [3.63, 3.8) is 0 Å². The van der Waals surface area contributed by atoms with E-state index < -0.39 is 12.0 Å². The molecule has 1 atom stereocenters. The quantitative estimate of drug-likeness (QED) is 0.603. The Labute approximate surface area is 168 Å². The number of benzene rings is 2. The number of aliphatic carboxylic acids is 1. The number of hydrogen-bond donors (Lipinski definition) is 2. The maximum Gasteiger partial charge on any atom is 0.325 e. The number of amides is 1. The number of piperazine rings is 1. The molecule has 7 nitrogen and oxygen atoms in total. The van der Waals surface area contributed by atoms with Crippen molar-refractivity contribution in [3.8, 4) is 5.75 Å². The van der Waals surface area contributed by atoms with Gasteiger partial charge in [-0.1, -0.05) is 30.3 Å². The lowest BCUT2D eigenvalue weighted by Gasteiger charge is -2.36. The monoisotopic (exact) mass is 393 g/mol. The van der Waals surface area contributed by atoms with Gasteiger partial charge < -0.3 is 19.7 Å². The van der Waals surface area contributed by atoms with Gasteiger partial charge in [0.15, 0.2) is 0 Å². The standard InChI is InChI=1S/C22H23N3O4/c26-15-24-8-10-25(11-9-24)21(22(27)28)19-13-23-20-12-17(6-7-18(19)20)29-14-16-4-2-1-3-5-16/h1-7,12-13,15,21,23H,8-11,14H2,(H,27,28). The Balaban J connectivity index is 1.54. The Morgan fingerprint density at radius 3 is 2.59 bits per heavy atom. The second-order valence-corrected chi connectivity index (χ2v) is 7.14. The van der Waals surface area contributed by atoms with Gasteiger partial charge >= 0.3 is 5.97 Å². The van der Waals surface area contributed by atoms with Gasteiger partial charge in [0.05, 0.1) is 0 Å². The fourth-order valence-electron chi connectivity index (χ4n) is 3.77. The zero-order valence-electron chi connectivity index (χ0n) is 16.0. The SMILES string of the molecule is O=CN1CCN(C(C(=O)O)c2c[nH]c3cc(OCc4ccccc4)ccc23)CC1. The summed E-state index contributed by atoms with van der Waals surface area (Å²) in [7, 11) is 0. The van der Waals surface area contributed by atoms with Crippen LogP contribution in [0.5, 0.6) is 5.75 Å². The van der Waals surface area contributed by atoms with Crippen LogP contribution < -0.4 is 4.74 Å². The molecular weight excluding hydrogens is 370 g/mol. The number of H-pyrrole nitrogens is 1. The largest absolute Gasteiger partial charge is 0.489 e. The van der Waals surface area contributed by atoms with E-state index in [1.165, 1.54) is 0 Å². The summed E-state index contributed by atoms with van der Waals surface area (Å²) < 4.78 is 5.87. The summed E-state index contributed by atoms with van der Waals surface area (Å²) in [6.45, 7) is 2.60. The molecule has 0 radical (unpaired) electrons. The van der Waals surface area contributed by atoms with Crippen LogP contribution in [0.4, 0.5) is 0 Å². The van der Waals surface area contributed by atoms with E-state index in [-0.39, 0.29) is 0 Å². The van der Waals surface area contributed by atoms with Crippen LogP contribution in [0.15, 0.2) is 54.7 Å². The molecule has 1 aliphatic rings. The summed E-state index contributed by atoms with van der Waals surface area (Å²) in [5.41, 5.74) is 2.64. The summed E-state index contributed by atoms with van der Waals surface area (Å²) >= 11 is 0. The molecule has 1 amide bonds. The highest BCUT2D eigenvalue weighted by molar-refractivity contribution is 5.90. The minimum absolute atomic E-state index is 0.471. The van der Waals surface area contributed by atoms with Crippen molar-refractivity contribution in [1.29, 1.82) is 0 Å². The number of carbonyl (C=O) groups excluding carboxylic acids is 1. The van der Waals surface area contributed by atoms with Crippen LogP contribution >= 0.6 is 0 Å². The fourth-order valence-corrected chi connectivity index (χ4v) is 3.77. The summed E-state index contributed by atoms with van der Waals surface area (Å²) in [5.74, 6) is -0.170. The zero-order chi connectivity index (χ0) is 20.2. The van der Waals surface area contributed by atoms with Crippen molar-refractivity contribution >= 4 is 23.3 Å². The molecular formula is C22H23N3O4. The van der Waals surface area contributed by atoms with E-state index in [4.69, 9.17) is 4.74 Å². The number of fused-ring (bicyclic) bond motifs is 1. The van der Waals surface area contributed by atoms with Crippen LogP contribution in [-0.4, -0.2) is 58.4 Å². The molecule has 2 N–H and O–H groups in total. The van der Waals surface area contributed by atoms with Gasteiger partial charge in [0.2, 0.25) is 6.41 Å². The van der Waals surface area contributed by atoms with Gasteiger partial charge in [0.25, 0.3) is 0 Å². The number of ether oxygens (including phenoxy) is 1. The van der Waals surface area contributed by atoms with Crippen molar-refractivity contribution in [3.05, 3.63) is 65.9 Å². The third-order valence-electron chi connectivity index (χ3n) is 5.33. The first-order valence-electron chi connectivity index (χ1n) is 9.59. The van der Waals surface area contributed by atoms with Gasteiger partial charge in [-0.05, 0) is 17.7 Å². The van der Waals surface area contributed by atoms with Crippen molar-refractivity contribution < 1.29 is 19.4 Å². The number of carboxylic acid groups (broad SMARTS) is 1. The van der Waals surface area contributed by atoms with E-state index >= 15 is 0 Å². The van der Waals surface area contributed by atoms with E-state index in [9.17, 15) is 14.7 Å². The molecule has 1 aliphatic heterocycles. The number of carbonyl (C=O) groups is 2. The molecule has 150 valence electrons. The Morgan fingerprint density at radius 2 is 1.90 bits per heavy atom. The lowest BCUT2D eigenvalue weighted by Crippen LogP contribution is -2.48. The van der Waals surface area contributed by atoms with E-state index in [1.54, 1.807) is 11.1 Å². The molecule has 3 aromatic rings. The Morgan fingerprint density at radius 1 is 1.14 bits per heavy atom. The normalized spacial score (nSPS) is 15.9. The van der Waals surface area contributed by atoms with E-state index in [1.807, 2.05) is 53.4 Å². The molecule has 0 aliphatic carbocycles. The Kier molecular flexibility index (Phi) is 5.48. The average molecular weight is 393 g/mol. The smallest absolute Gasteiger partial charge is 0.325 e. The first-order valence-corrected chi connectivity index (χ1v) is 9.59. The molecule has 1 fully saturated rings. The molecule has 1 saturated heterocycles. The minimum atomic E-state index is -0.894. The molecule has 2 heterocycles. The molecule has 1 aromatic heterocycles. The van der Waals surface area contributed by atoms with Gasteiger partial charge in [0.1, 0.15) is 18.4 Å². The Hall–Kier alpha value is -3.32. The van der Waals surface area contributed by atoms with Gasteiger partial charge in [0, 0.05) is 54.9 Å². The van der Waals surface area contributed by atoms with Gasteiger partial charge in [-0.15, -0.1) is 0 Å². The number of nitrogens with zero attached hydrogens (tertiary/aromatic N) is 2. The van der Waals surface area contributed by atoms with Crippen LogP contribution in [0.25, 0.3) is 10.9 Å². The maximum atomic E-state index is 12.1. The van der Waals surface area contributed by atoms with E-state index in [0.29, 0.717) is 32.8 Å². The zero-order valence-corrected chi connectivity index (χ0v) is 16.0. The summed E-state index contributed by atoms with van der Waals surface area (Å²) in [4.78, 5) is 29.7. The lowest BCUT2D eigenvalue weighted by atomic mass is 10.0. The highest BCUT2D eigenvalue weighted by Crippen LogP contribution is 2.31. The van der Waals surface area contributed by atoms with Gasteiger partial charge in [-0.2, -0.15) is 0 Å². The second-order valence-electron chi connectivity index (χ2n) is 7.14. The molecule has 0 bridgehead atoms. The minimum Gasteiger partial charge on any atom is -0.489 e. The van der Waals surface area contributed by atoms with Crippen molar-refractivity contribution in [2.75, 3.05) is 26.2 Å². The molecule has 7 heteroatoms. The third kappa shape index (κ3) is 4.09. The number of nitrogens with one attached hydrogen (secondary N) is 1. The first-order chi connectivity index (χ1) is 14.2. The number of carboxylic acids is 1. The van der Waals surface area contributed by atoms with Crippen LogP contribution in [0.3, 0.4) is 0 Å². The van der Waals surface area contributed by atoms with Crippen LogP contribution in [0.1, 0.15) is 17.2 Å². The van der Waals surface area contributed by atoms with Gasteiger partial charge in [-0.3, -0.25) is 14.5 Å². The van der Waals surface area contributed by atoms with Crippen LogP contribution in [0.2, 0.25) is 0 Å². The first kappa shape index (κ1) is 19.0. The summed E-state index contributed by atoms with van der Waals surface area (Å²) in [5, 5.41) is 10.7. The highest BCUT2D eigenvalue weighted by Gasteiger charge is 2.31. The van der Waals surface area contributed by atoms with Crippen LogP contribution in [0, 0.1) is 0 Å². The predicted octanol–water partition coefficient (Wildman–Crippen LogP) is 2.65. The molecule has 4 rings (SSSR count). The fraction of sp³-hybridized carbons (Fsp3) is 0.273. The molecule has 0 spiro atoms. The van der Waals surface area contributed by atoms with E-state index in [0.717, 1.165) is 34.2 Å². The predicted molar refractivity (Wildman–Crippen MR) is 109 cm³/mol. The molecule has 0 saturated carbocycles. The molecule has 29 heavy (non-hydrogen) atoms. The van der Waals surface area contributed by atoms with Crippen molar-refractivity contribution in [2.45, 2.75) is 12.6 Å². The second kappa shape index (κ2) is 8.36. The number of aromatic amines is 1. The van der Waals surface area contributed by atoms with Crippen molar-refractivity contribution in [2.24, 2.45) is 0 Å². The number of rotatable bonds is 7. The number of hydrogen-bond acceptors (Lipinski definition) is 4. The summed E-state index contributed by atoms with van der Waals surface area (Å²) in [6.07, 6.45) is 2.58. The lowest BCUT2D eigenvalue weighted by molar-refractivity contribution is -0.144. The number of aromatic nitrogens is 1. The van der Waals surface area contributed by atoms with Crippen molar-refractivity contribution in [1.82, 2.24) is 14.8 Å². The average Bonchev–Trinajstić information content (AvgIpc) is 3.16. The van der Waals surface area contributed by atoms with Gasteiger partial charge in [-0.25, -0.2) is 0 Å². The van der Waals surface area contributed by atoms with E-state index in [2.05, 4.69) is 4.98 Å². The topological polar surface area (TPSA) is 85.9 Å². The summed E-state index contributed by atoms with van der Waals surface area (Å²) in [6, 6.07) is 14.8. The molecule has 2 aromatic carbocycles. The maximum absolute atomic E-state index is 12.1. The Bertz CT molecular complexity index is 994. The highest BCUT2D eigenvalue weighted by atomic mass is 16.5. The third-order valence-corrected chi connectivity index (χ3v) is 5.33. The van der Waals surface area contributed by atoms with Crippen LogP contribution in [-0.2, 0) is 16.2 Å². The molecule has 1 unspecified atom stereocenters.